The number of hydrogen-bond acceptors (Lipinski definition) is 5. The van der Waals surface area contributed by atoms with Crippen LogP contribution in [-0.2, 0) is 30.6 Å². The summed E-state index contributed by atoms with van der Waals surface area (Å²) in [5.74, 6) is -0.458. The lowest BCUT2D eigenvalue weighted by molar-refractivity contribution is -0.141. The van der Waals surface area contributed by atoms with Gasteiger partial charge >= 0.3 is 0 Å². The van der Waals surface area contributed by atoms with Gasteiger partial charge in [0.2, 0.25) is 17.7 Å². The topological polar surface area (TPSA) is 95.1 Å². The number of carbonyl (C=O) groups is 3. The Labute approximate surface area is 176 Å². The molecule has 3 aliphatic heterocycles. The molecule has 0 aliphatic carbocycles. The van der Waals surface area contributed by atoms with Crippen molar-refractivity contribution in [3.8, 4) is 0 Å². The number of hydrogen-bond donors (Lipinski definition) is 0. The van der Waals surface area contributed by atoms with Crippen molar-refractivity contribution in [1.82, 2.24) is 14.7 Å². The van der Waals surface area contributed by atoms with Crippen molar-refractivity contribution in [3.05, 3.63) is 35.9 Å². The summed E-state index contributed by atoms with van der Waals surface area (Å²) in [6.07, 6.45) is 0.949. The van der Waals surface area contributed by atoms with Crippen LogP contribution >= 0.6 is 0 Å². The van der Waals surface area contributed by atoms with Crippen LogP contribution in [0.25, 0.3) is 0 Å². The van der Waals surface area contributed by atoms with Crippen LogP contribution in [0.15, 0.2) is 30.3 Å². The molecule has 0 unspecified atom stereocenters. The van der Waals surface area contributed by atoms with Gasteiger partial charge in [0.05, 0.1) is 23.8 Å². The van der Waals surface area contributed by atoms with Crippen molar-refractivity contribution in [1.29, 1.82) is 0 Å². The highest BCUT2D eigenvalue weighted by Gasteiger charge is 2.43. The molecule has 2 atom stereocenters. The molecule has 3 fully saturated rings. The fourth-order valence-corrected chi connectivity index (χ4v) is 6.32. The number of nitrogens with zero attached hydrogens (tertiary/aromatic N) is 3. The van der Waals surface area contributed by atoms with Gasteiger partial charge in [-0.1, -0.05) is 30.3 Å². The Morgan fingerprint density at radius 2 is 1.67 bits per heavy atom. The smallest absolute Gasteiger partial charge is 0.228 e. The summed E-state index contributed by atoms with van der Waals surface area (Å²) in [6, 6.07) is 9.29. The molecule has 0 radical (unpaired) electrons. The van der Waals surface area contributed by atoms with Crippen LogP contribution in [0.4, 0.5) is 0 Å². The molecule has 3 aliphatic rings. The van der Waals surface area contributed by atoms with E-state index in [1.54, 1.807) is 14.7 Å². The van der Waals surface area contributed by atoms with Crippen molar-refractivity contribution in [3.63, 3.8) is 0 Å². The van der Waals surface area contributed by atoms with E-state index in [0.29, 0.717) is 45.6 Å². The molecule has 3 heterocycles. The molecule has 0 bridgehead atoms. The van der Waals surface area contributed by atoms with Crippen molar-refractivity contribution in [2.75, 3.05) is 44.2 Å². The number of likely N-dealkylation sites (tertiary alicyclic amines) is 1. The third-order valence-corrected chi connectivity index (χ3v) is 8.05. The fraction of sp³-hybridized carbons (Fsp3) is 0.571. The molecule has 0 aromatic heterocycles. The second-order valence-electron chi connectivity index (χ2n) is 8.37. The van der Waals surface area contributed by atoms with Crippen molar-refractivity contribution in [2.45, 2.75) is 25.3 Å². The number of piperazine rings is 1. The summed E-state index contributed by atoms with van der Waals surface area (Å²) in [7, 11) is -3.08. The minimum atomic E-state index is -3.08. The summed E-state index contributed by atoms with van der Waals surface area (Å²) < 4.78 is 23.4. The van der Waals surface area contributed by atoms with E-state index >= 15 is 0 Å². The molecule has 1 aromatic rings. The van der Waals surface area contributed by atoms with E-state index in [1.807, 2.05) is 30.3 Å². The molecule has 3 amide bonds. The number of sulfone groups is 1. The van der Waals surface area contributed by atoms with E-state index in [2.05, 4.69) is 0 Å². The molecule has 3 saturated heterocycles. The van der Waals surface area contributed by atoms with Gasteiger partial charge in [0.15, 0.2) is 9.84 Å². The van der Waals surface area contributed by atoms with Crippen molar-refractivity contribution >= 4 is 27.6 Å². The van der Waals surface area contributed by atoms with Gasteiger partial charge in [-0.15, -0.1) is 0 Å². The Morgan fingerprint density at radius 3 is 2.30 bits per heavy atom. The monoisotopic (exact) mass is 433 g/mol. The lowest BCUT2D eigenvalue weighted by Crippen LogP contribution is -2.52. The summed E-state index contributed by atoms with van der Waals surface area (Å²) in [6.45, 7) is 2.19. The van der Waals surface area contributed by atoms with Gasteiger partial charge in [-0.05, 0) is 12.0 Å². The first-order chi connectivity index (χ1) is 14.3. The largest absolute Gasteiger partial charge is 0.339 e. The Kier molecular flexibility index (Phi) is 5.81. The summed E-state index contributed by atoms with van der Waals surface area (Å²) in [5, 5.41) is 0. The lowest BCUT2D eigenvalue weighted by atomic mass is 10.1. The van der Waals surface area contributed by atoms with Gasteiger partial charge in [-0.3, -0.25) is 14.4 Å². The molecule has 0 spiro atoms. The van der Waals surface area contributed by atoms with Gasteiger partial charge in [-0.2, -0.15) is 0 Å². The highest BCUT2D eigenvalue weighted by molar-refractivity contribution is 7.91. The highest BCUT2D eigenvalue weighted by Crippen LogP contribution is 2.27. The van der Waals surface area contributed by atoms with E-state index in [-0.39, 0.29) is 41.7 Å². The van der Waals surface area contributed by atoms with Gasteiger partial charge in [0, 0.05) is 45.2 Å². The molecule has 162 valence electrons. The van der Waals surface area contributed by atoms with Gasteiger partial charge in [0.1, 0.15) is 0 Å². The zero-order valence-electron chi connectivity index (χ0n) is 16.9. The van der Waals surface area contributed by atoms with Crippen LogP contribution < -0.4 is 0 Å². The third-order valence-electron chi connectivity index (χ3n) is 6.30. The maximum Gasteiger partial charge on any atom is 0.228 e. The molecule has 0 saturated carbocycles. The maximum absolute atomic E-state index is 12.9. The summed E-state index contributed by atoms with van der Waals surface area (Å²) in [5.41, 5.74) is 0.972. The Bertz CT molecular complexity index is 925. The number of amides is 3. The Hall–Kier alpha value is -2.42. The fourth-order valence-electron chi connectivity index (χ4n) is 4.59. The van der Waals surface area contributed by atoms with Crippen molar-refractivity contribution < 1.29 is 22.8 Å². The molecule has 9 heteroatoms. The first-order valence-corrected chi connectivity index (χ1v) is 12.2. The third kappa shape index (κ3) is 4.50. The number of rotatable bonds is 4. The zero-order valence-corrected chi connectivity index (χ0v) is 17.7. The van der Waals surface area contributed by atoms with Gasteiger partial charge in [-0.25, -0.2) is 8.42 Å². The van der Waals surface area contributed by atoms with Crippen LogP contribution in [0.3, 0.4) is 0 Å². The predicted molar refractivity (Wildman–Crippen MR) is 110 cm³/mol. The van der Waals surface area contributed by atoms with Crippen LogP contribution in [-0.4, -0.2) is 91.1 Å². The molecule has 1 aromatic carbocycles. The first kappa shape index (κ1) is 20.8. The second-order valence-corrected chi connectivity index (χ2v) is 10.6. The molecule has 30 heavy (non-hydrogen) atoms. The predicted octanol–water partition coefficient (Wildman–Crippen LogP) is -0.0645. The van der Waals surface area contributed by atoms with Crippen LogP contribution in [0.5, 0.6) is 0 Å². The zero-order chi connectivity index (χ0) is 21.3. The quantitative estimate of drug-likeness (QED) is 0.663. The van der Waals surface area contributed by atoms with E-state index in [9.17, 15) is 22.8 Å². The minimum Gasteiger partial charge on any atom is -0.339 e. The standard InChI is InChI=1S/C21H27N3O5S/c25-19(12-16-4-2-1-3-5-16)22-7-9-23(10-8-22)21(27)17-13-20(26)24(14-17)18-6-11-30(28,29)15-18/h1-5,17-18H,6-15H2/t17-,18-/m1/s1. The Balaban J connectivity index is 1.28. The average molecular weight is 434 g/mol. The Morgan fingerprint density at radius 1 is 1.00 bits per heavy atom. The second kappa shape index (κ2) is 8.37. The lowest BCUT2D eigenvalue weighted by Gasteiger charge is -2.36. The number of carbonyl (C=O) groups excluding carboxylic acids is 3. The SMILES string of the molecule is O=C(Cc1ccccc1)N1CCN(C(=O)[C@@H]2CC(=O)N([C@@H]3CCS(=O)(=O)C3)C2)CC1. The molecule has 4 rings (SSSR count). The normalized spacial score (nSPS) is 26.3. The van der Waals surface area contributed by atoms with E-state index < -0.39 is 15.8 Å². The highest BCUT2D eigenvalue weighted by atomic mass is 32.2. The van der Waals surface area contributed by atoms with Crippen LogP contribution in [0, 0.1) is 5.92 Å². The molecule has 8 nitrogen and oxygen atoms in total. The van der Waals surface area contributed by atoms with E-state index in [0.717, 1.165) is 5.56 Å². The van der Waals surface area contributed by atoms with Gasteiger partial charge < -0.3 is 14.7 Å². The number of benzene rings is 1. The summed E-state index contributed by atoms with van der Waals surface area (Å²) in [4.78, 5) is 42.9. The molecule has 0 N–H and O–H groups in total. The van der Waals surface area contributed by atoms with Crippen LogP contribution in [0.1, 0.15) is 18.4 Å². The van der Waals surface area contributed by atoms with Crippen LogP contribution in [0.2, 0.25) is 0 Å². The first-order valence-electron chi connectivity index (χ1n) is 10.4. The van der Waals surface area contributed by atoms with Crippen molar-refractivity contribution in [2.24, 2.45) is 5.92 Å². The van der Waals surface area contributed by atoms with Gasteiger partial charge in [0.25, 0.3) is 0 Å². The van der Waals surface area contributed by atoms with E-state index in [1.165, 1.54) is 0 Å². The summed E-state index contributed by atoms with van der Waals surface area (Å²) >= 11 is 0. The maximum atomic E-state index is 12.9. The minimum absolute atomic E-state index is 0.00184. The molecular formula is C21H27N3O5S. The molecular weight excluding hydrogens is 406 g/mol. The van der Waals surface area contributed by atoms with E-state index in [4.69, 9.17) is 0 Å². The average Bonchev–Trinajstić information content (AvgIpc) is 3.30.